The van der Waals surface area contributed by atoms with Crippen molar-refractivity contribution in [2.24, 2.45) is 0 Å². The van der Waals surface area contributed by atoms with Crippen molar-refractivity contribution >= 4 is 28.8 Å². The van der Waals surface area contributed by atoms with Gasteiger partial charge in [0.1, 0.15) is 6.17 Å². The number of pyridine rings is 1. The summed E-state index contributed by atoms with van der Waals surface area (Å²) in [5, 5.41) is 31.4. The summed E-state index contributed by atoms with van der Waals surface area (Å²) < 4.78 is 15.8. The van der Waals surface area contributed by atoms with E-state index in [2.05, 4.69) is 25.7 Å². The van der Waals surface area contributed by atoms with Crippen LogP contribution in [0.1, 0.15) is 56.3 Å². The third-order valence-corrected chi connectivity index (χ3v) is 7.36. The molecule has 2 bridgehead atoms. The molecule has 186 valence electrons. The van der Waals surface area contributed by atoms with Crippen molar-refractivity contribution in [2.75, 3.05) is 11.9 Å². The Kier molecular flexibility index (Phi) is 5.73. The summed E-state index contributed by atoms with van der Waals surface area (Å²) in [6, 6.07) is 1.76. The van der Waals surface area contributed by atoms with Crippen molar-refractivity contribution in [3.05, 3.63) is 41.4 Å². The Morgan fingerprint density at radius 3 is 2.66 bits per heavy atom. The molecule has 1 unspecified atom stereocenters. The summed E-state index contributed by atoms with van der Waals surface area (Å²) in [5.41, 5.74) is -0.0229. The highest BCUT2D eigenvalue weighted by Gasteiger charge is 2.53. The first kappa shape index (κ1) is 23.9. The minimum atomic E-state index is -1.63. The van der Waals surface area contributed by atoms with Gasteiger partial charge in [-0.05, 0) is 52.0 Å². The molecule has 0 radical (unpaired) electrons. The molecule has 3 heterocycles. The van der Waals surface area contributed by atoms with Gasteiger partial charge in [0.05, 0.1) is 57.7 Å². The number of alkyl halides is 1. The van der Waals surface area contributed by atoms with Gasteiger partial charge in [0, 0.05) is 17.9 Å². The van der Waals surface area contributed by atoms with E-state index in [0.29, 0.717) is 46.9 Å². The summed E-state index contributed by atoms with van der Waals surface area (Å²) in [6.07, 6.45) is 8.16. The number of rotatable bonds is 7. The van der Waals surface area contributed by atoms with Crippen molar-refractivity contribution in [3.63, 3.8) is 0 Å². The molecule has 5 rings (SSSR count). The predicted octanol–water partition coefficient (Wildman–Crippen LogP) is 3.14. The van der Waals surface area contributed by atoms with E-state index in [-0.39, 0.29) is 17.6 Å². The Bertz CT molecular complexity index is 1280. The fraction of sp³-hybridized carbons (Fsp3) is 0.500. The van der Waals surface area contributed by atoms with E-state index in [1.807, 2.05) is 0 Å². The van der Waals surface area contributed by atoms with Crippen LogP contribution in [0.3, 0.4) is 0 Å². The van der Waals surface area contributed by atoms with Gasteiger partial charge in [-0.15, -0.1) is 0 Å². The standard InChI is InChI=1S/C24H28ClFN6O3/c1-22(2,34)19(26)11-29-21(33)16-9-27-17(15-10-30-32-12-14(25)8-28-20(15)32)7-18(16)31-23-3-5-24(35,13-23)6-4-23/h7-10,12,19,34-35H,3-6,11,13H2,1-2H3,(H,27,31)(H,29,33). The van der Waals surface area contributed by atoms with Crippen LogP contribution < -0.4 is 10.6 Å². The SMILES string of the molecule is CC(C)(O)C(F)CNC(=O)c1cnc(-c2cnn3cc(Cl)cnc23)cc1NC12CCC(O)(CC1)C2. The van der Waals surface area contributed by atoms with Crippen molar-refractivity contribution < 1.29 is 19.4 Å². The number of hydrogen-bond donors (Lipinski definition) is 4. The molecular weight excluding hydrogens is 475 g/mol. The molecule has 0 spiro atoms. The molecule has 2 saturated carbocycles. The topological polar surface area (TPSA) is 125 Å². The number of aromatic nitrogens is 4. The fourth-order valence-corrected chi connectivity index (χ4v) is 5.22. The Morgan fingerprint density at radius 2 is 2.00 bits per heavy atom. The number of nitrogens with zero attached hydrogens (tertiary/aromatic N) is 4. The van der Waals surface area contributed by atoms with E-state index in [1.165, 1.54) is 26.2 Å². The lowest BCUT2D eigenvalue weighted by Gasteiger charge is -2.30. The van der Waals surface area contributed by atoms with E-state index in [9.17, 15) is 19.4 Å². The fourth-order valence-electron chi connectivity index (χ4n) is 5.08. The molecule has 11 heteroatoms. The maximum Gasteiger partial charge on any atom is 0.255 e. The molecule has 1 amide bonds. The highest BCUT2D eigenvalue weighted by atomic mass is 35.5. The van der Waals surface area contributed by atoms with Gasteiger partial charge in [-0.2, -0.15) is 5.10 Å². The zero-order chi connectivity index (χ0) is 25.0. The molecule has 35 heavy (non-hydrogen) atoms. The van der Waals surface area contributed by atoms with Gasteiger partial charge in [-0.25, -0.2) is 13.9 Å². The van der Waals surface area contributed by atoms with Gasteiger partial charge in [0.25, 0.3) is 5.91 Å². The Morgan fingerprint density at radius 1 is 1.26 bits per heavy atom. The highest BCUT2D eigenvalue weighted by Crippen LogP contribution is 2.52. The smallest absolute Gasteiger partial charge is 0.255 e. The van der Waals surface area contributed by atoms with Crippen LogP contribution in [0.5, 0.6) is 0 Å². The molecule has 1 atom stereocenters. The molecule has 2 fully saturated rings. The number of anilines is 1. The lowest BCUT2D eigenvalue weighted by Crippen LogP contribution is -2.42. The van der Waals surface area contributed by atoms with Crippen LogP contribution in [0.2, 0.25) is 5.02 Å². The highest BCUT2D eigenvalue weighted by molar-refractivity contribution is 6.30. The first-order valence-corrected chi connectivity index (χ1v) is 12.0. The number of amides is 1. The lowest BCUT2D eigenvalue weighted by molar-refractivity contribution is -0.00177. The normalized spacial score (nSPS) is 24.6. The second kappa shape index (κ2) is 8.39. The van der Waals surface area contributed by atoms with Gasteiger partial charge in [0.15, 0.2) is 5.65 Å². The van der Waals surface area contributed by atoms with Crippen molar-refractivity contribution in [1.82, 2.24) is 24.9 Å². The lowest BCUT2D eigenvalue weighted by atomic mass is 9.92. The van der Waals surface area contributed by atoms with Crippen LogP contribution in [-0.4, -0.2) is 65.2 Å². The van der Waals surface area contributed by atoms with Crippen LogP contribution in [0.25, 0.3) is 16.9 Å². The van der Waals surface area contributed by atoms with Gasteiger partial charge in [0.2, 0.25) is 0 Å². The van der Waals surface area contributed by atoms with Gasteiger partial charge >= 0.3 is 0 Å². The Hall–Kier alpha value is -2.82. The van der Waals surface area contributed by atoms with Gasteiger partial charge in [-0.1, -0.05) is 11.6 Å². The minimum absolute atomic E-state index is 0.251. The van der Waals surface area contributed by atoms with E-state index in [0.717, 1.165) is 12.8 Å². The maximum atomic E-state index is 14.3. The number of aliphatic hydroxyl groups is 2. The molecule has 3 aromatic heterocycles. The zero-order valence-corrected chi connectivity index (χ0v) is 20.3. The number of hydrogen-bond acceptors (Lipinski definition) is 7. The third kappa shape index (κ3) is 4.57. The molecule has 0 aliphatic heterocycles. The Balaban J connectivity index is 1.49. The van der Waals surface area contributed by atoms with Crippen LogP contribution in [0.15, 0.2) is 30.9 Å². The first-order valence-electron chi connectivity index (χ1n) is 11.6. The zero-order valence-electron chi connectivity index (χ0n) is 19.6. The first-order chi connectivity index (χ1) is 16.5. The third-order valence-electron chi connectivity index (χ3n) is 7.16. The predicted molar refractivity (Wildman–Crippen MR) is 129 cm³/mol. The number of halogens is 2. The van der Waals surface area contributed by atoms with Gasteiger partial charge in [-0.3, -0.25) is 9.78 Å². The number of fused-ring (bicyclic) bond motifs is 3. The van der Waals surface area contributed by atoms with Crippen molar-refractivity contribution in [3.8, 4) is 11.3 Å². The largest absolute Gasteiger partial charge is 0.390 e. The van der Waals surface area contributed by atoms with E-state index < -0.39 is 23.3 Å². The summed E-state index contributed by atoms with van der Waals surface area (Å²) in [6.45, 7) is 2.36. The monoisotopic (exact) mass is 502 g/mol. The number of carbonyl (C=O) groups excluding carboxylic acids is 1. The maximum absolute atomic E-state index is 14.3. The quantitative estimate of drug-likeness (QED) is 0.391. The average molecular weight is 503 g/mol. The van der Waals surface area contributed by atoms with E-state index in [4.69, 9.17) is 11.6 Å². The molecule has 0 saturated heterocycles. The summed E-state index contributed by atoms with van der Waals surface area (Å²) in [4.78, 5) is 21.9. The van der Waals surface area contributed by atoms with E-state index in [1.54, 1.807) is 23.0 Å². The summed E-state index contributed by atoms with van der Waals surface area (Å²) in [7, 11) is 0. The molecular formula is C24H28ClFN6O3. The molecule has 2 aliphatic carbocycles. The van der Waals surface area contributed by atoms with Crippen LogP contribution in [-0.2, 0) is 0 Å². The van der Waals surface area contributed by atoms with E-state index >= 15 is 0 Å². The van der Waals surface area contributed by atoms with Gasteiger partial charge < -0.3 is 20.8 Å². The van der Waals surface area contributed by atoms with Crippen molar-refractivity contribution in [1.29, 1.82) is 0 Å². The molecule has 9 nitrogen and oxygen atoms in total. The molecule has 2 aliphatic rings. The van der Waals surface area contributed by atoms with Crippen molar-refractivity contribution in [2.45, 2.75) is 68.9 Å². The Labute approximate surface area is 206 Å². The number of nitrogens with one attached hydrogen (secondary N) is 2. The molecule has 4 N–H and O–H groups in total. The summed E-state index contributed by atoms with van der Waals surface area (Å²) in [5.74, 6) is -0.508. The summed E-state index contributed by atoms with van der Waals surface area (Å²) >= 11 is 6.02. The second-order valence-electron chi connectivity index (χ2n) is 10.4. The molecule has 3 aromatic rings. The van der Waals surface area contributed by atoms with Crippen LogP contribution >= 0.6 is 11.6 Å². The average Bonchev–Trinajstić information content (AvgIpc) is 3.46. The van der Waals surface area contributed by atoms with Crippen LogP contribution in [0, 0.1) is 0 Å². The minimum Gasteiger partial charge on any atom is -0.390 e. The van der Waals surface area contributed by atoms with Crippen LogP contribution in [0.4, 0.5) is 10.1 Å². The second-order valence-corrected chi connectivity index (χ2v) is 10.8. The molecule has 0 aromatic carbocycles. The number of carbonyl (C=O) groups is 1.